The van der Waals surface area contributed by atoms with E-state index in [-0.39, 0.29) is 17.5 Å². The van der Waals surface area contributed by atoms with Crippen LogP contribution in [0.4, 0.5) is 0 Å². The fourth-order valence-corrected chi connectivity index (χ4v) is 3.40. The summed E-state index contributed by atoms with van der Waals surface area (Å²) < 4.78 is 5.58. The number of aryl methyl sites for hydroxylation is 1. The third kappa shape index (κ3) is 4.03. The lowest BCUT2D eigenvalue weighted by atomic mass is 9.84. The van der Waals surface area contributed by atoms with Crippen LogP contribution in [-0.4, -0.2) is 18.0 Å². The van der Waals surface area contributed by atoms with Gasteiger partial charge in [-0.2, -0.15) is 0 Å². The number of carbonyl (C=O) groups excluding carboxylic acids is 1. The lowest BCUT2D eigenvalue weighted by Gasteiger charge is -2.29. The quantitative estimate of drug-likeness (QED) is 0.851. The van der Waals surface area contributed by atoms with Gasteiger partial charge in [0.2, 0.25) is 0 Å². The molecule has 1 heterocycles. The minimum Gasteiger partial charge on any atom is -0.497 e. The molecule has 2 unspecified atom stereocenters. The zero-order valence-corrected chi connectivity index (χ0v) is 15.8. The van der Waals surface area contributed by atoms with E-state index in [0.29, 0.717) is 5.69 Å². The van der Waals surface area contributed by atoms with Gasteiger partial charge in [0.25, 0.3) is 11.5 Å². The van der Waals surface area contributed by atoms with Crippen molar-refractivity contribution in [3.05, 3.63) is 93.1 Å². The van der Waals surface area contributed by atoms with E-state index in [1.165, 1.54) is 0 Å². The number of aromatic amines is 1. The number of carbonyl (C=O) groups is 1. The van der Waals surface area contributed by atoms with Crippen molar-refractivity contribution in [3.8, 4) is 0 Å². The second-order valence-corrected chi connectivity index (χ2v) is 6.76. The van der Waals surface area contributed by atoms with Crippen molar-refractivity contribution >= 4 is 5.91 Å². The third-order valence-corrected chi connectivity index (χ3v) is 4.81. The summed E-state index contributed by atoms with van der Waals surface area (Å²) in [4.78, 5) is 27.8. The Morgan fingerprint density at radius 3 is 2.63 bits per heavy atom. The van der Waals surface area contributed by atoms with Crippen molar-refractivity contribution in [2.45, 2.75) is 26.3 Å². The molecule has 5 nitrogen and oxygen atoms in total. The van der Waals surface area contributed by atoms with E-state index >= 15 is 0 Å². The number of hydrogen-bond donors (Lipinski definition) is 2. The Bertz CT molecular complexity index is 942. The minimum absolute atomic E-state index is 0.0973. The number of nitrogens with one attached hydrogen (secondary N) is 2. The monoisotopic (exact) mass is 364 g/mol. The molecule has 1 aromatic heterocycles. The molecule has 1 aliphatic carbocycles. The second-order valence-electron chi connectivity index (χ2n) is 6.76. The predicted octanol–water partition coefficient (Wildman–Crippen LogP) is 3.65. The number of pyridine rings is 1. The standard InChI is InChI=1S/C22H24N2O3/c1-14-8-7-11-18(27-3)19(14)20(16-9-5-4-6-10-16)24-22(26)17-13-12-15(2)23-21(17)25/h4-7,9-14,20H,8H2,1-3H3,(H,23,25)(H,24,26). The summed E-state index contributed by atoms with van der Waals surface area (Å²) >= 11 is 0. The predicted molar refractivity (Wildman–Crippen MR) is 105 cm³/mol. The Morgan fingerprint density at radius 1 is 1.22 bits per heavy atom. The van der Waals surface area contributed by atoms with Crippen LogP contribution in [-0.2, 0) is 4.74 Å². The molecule has 3 rings (SSSR count). The molecule has 27 heavy (non-hydrogen) atoms. The maximum atomic E-state index is 12.9. The number of aromatic nitrogens is 1. The van der Waals surface area contributed by atoms with E-state index in [1.54, 1.807) is 26.2 Å². The molecule has 0 spiro atoms. The van der Waals surface area contributed by atoms with E-state index in [4.69, 9.17) is 4.74 Å². The van der Waals surface area contributed by atoms with Crippen LogP contribution in [0, 0.1) is 12.8 Å². The molecule has 1 amide bonds. The molecular weight excluding hydrogens is 340 g/mol. The van der Waals surface area contributed by atoms with Gasteiger partial charge in [0, 0.05) is 11.3 Å². The molecule has 2 atom stereocenters. The molecule has 1 aliphatic rings. The van der Waals surface area contributed by atoms with Gasteiger partial charge in [0.1, 0.15) is 11.3 Å². The topological polar surface area (TPSA) is 71.2 Å². The van der Waals surface area contributed by atoms with Crippen molar-refractivity contribution in [2.75, 3.05) is 7.11 Å². The molecule has 1 aromatic carbocycles. The summed E-state index contributed by atoms with van der Waals surface area (Å²) in [5.41, 5.74) is 2.37. The summed E-state index contributed by atoms with van der Waals surface area (Å²) in [6, 6.07) is 12.6. The van der Waals surface area contributed by atoms with E-state index in [9.17, 15) is 9.59 Å². The molecule has 2 aromatic rings. The van der Waals surface area contributed by atoms with E-state index in [2.05, 4.69) is 23.3 Å². The van der Waals surface area contributed by atoms with Crippen LogP contribution in [0.25, 0.3) is 0 Å². The highest BCUT2D eigenvalue weighted by atomic mass is 16.5. The first-order valence-corrected chi connectivity index (χ1v) is 9.01. The van der Waals surface area contributed by atoms with Crippen LogP contribution < -0.4 is 10.9 Å². The molecule has 5 heteroatoms. The normalized spacial score (nSPS) is 17.5. The van der Waals surface area contributed by atoms with Crippen molar-refractivity contribution in [1.82, 2.24) is 10.3 Å². The third-order valence-electron chi connectivity index (χ3n) is 4.81. The van der Waals surface area contributed by atoms with E-state index in [1.807, 2.05) is 36.4 Å². The molecule has 140 valence electrons. The van der Waals surface area contributed by atoms with Crippen LogP contribution in [0.15, 0.2) is 70.7 Å². The Hall–Kier alpha value is -3.08. The van der Waals surface area contributed by atoms with E-state index < -0.39 is 11.5 Å². The summed E-state index contributed by atoms with van der Waals surface area (Å²) in [6.07, 6.45) is 4.88. The van der Waals surface area contributed by atoms with Gasteiger partial charge in [-0.25, -0.2) is 0 Å². The largest absolute Gasteiger partial charge is 0.497 e. The zero-order chi connectivity index (χ0) is 19.4. The average Bonchev–Trinajstić information content (AvgIpc) is 2.66. The molecule has 0 bridgehead atoms. The van der Waals surface area contributed by atoms with E-state index in [0.717, 1.165) is 23.3 Å². The number of methoxy groups -OCH3 is 1. The van der Waals surface area contributed by atoms with Gasteiger partial charge in [-0.3, -0.25) is 9.59 Å². The fraction of sp³-hybridized carbons (Fsp3) is 0.273. The Labute approximate surface area is 158 Å². The van der Waals surface area contributed by atoms with Gasteiger partial charge in [-0.15, -0.1) is 0 Å². The van der Waals surface area contributed by atoms with Crippen molar-refractivity contribution in [2.24, 2.45) is 5.92 Å². The number of ether oxygens (including phenoxy) is 1. The van der Waals surface area contributed by atoms with Crippen LogP contribution in [0.5, 0.6) is 0 Å². The molecule has 2 N–H and O–H groups in total. The Morgan fingerprint density at radius 2 is 1.96 bits per heavy atom. The number of hydrogen-bond acceptors (Lipinski definition) is 3. The summed E-state index contributed by atoms with van der Waals surface area (Å²) in [5.74, 6) is 0.544. The van der Waals surface area contributed by atoms with Crippen molar-refractivity contribution < 1.29 is 9.53 Å². The highest BCUT2D eigenvalue weighted by molar-refractivity contribution is 5.94. The van der Waals surface area contributed by atoms with Crippen LogP contribution in [0.1, 0.15) is 41.0 Å². The molecule has 0 aliphatic heterocycles. The molecule has 0 fully saturated rings. The molecule has 0 radical (unpaired) electrons. The summed E-state index contributed by atoms with van der Waals surface area (Å²) in [7, 11) is 1.63. The lowest BCUT2D eigenvalue weighted by Crippen LogP contribution is -2.35. The smallest absolute Gasteiger partial charge is 0.260 e. The van der Waals surface area contributed by atoms with Crippen molar-refractivity contribution in [1.29, 1.82) is 0 Å². The number of benzene rings is 1. The number of amides is 1. The van der Waals surface area contributed by atoms with Gasteiger partial charge in [0.05, 0.1) is 13.2 Å². The number of H-pyrrole nitrogens is 1. The lowest BCUT2D eigenvalue weighted by molar-refractivity contribution is 0.0938. The molecule has 0 saturated heterocycles. The fourth-order valence-electron chi connectivity index (χ4n) is 3.40. The first-order valence-electron chi connectivity index (χ1n) is 9.01. The van der Waals surface area contributed by atoms with Gasteiger partial charge in [-0.1, -0.05) is 43.3 Å². The van der Waals surface area contributed by atoms with Crippen LogP contribution in [0.3, 0.4) is 0 Å². The summed E-state index contributed by atoms with van der Waals surface area (Å²) in [5, 5.41) is 3.04. The van der Waals surface area contributed by atoms with Crippen LogP contribution in [0.2, 0.25) is 0 Å². The zero-order valence-electron chi connectivity index (χ0n) is 15.8. The van der Waals surface area contributed by atoms with Gasteiger partial charge >= 0.3 is 0 Å². The van der Waals surface area contributed by atoms with Crippen LogP contribution >= 0.6 is 0 Å². The Kier molecular flexibility index (Phi) is 5.60. The first kappa shape index (κ1) is 18.7. The number of allylic oxidation sites excluding steroid dienone is 2. The first-order chi connectivity index (χ1) is 13.0. The van der Waals surface area contributed by atoms with Gasteiger partial charge in [0.15, 0.2) is 0 Å². The van der Waals surface area contributed by atoms with Crippen molar-refractivity contribution in [3.63, 3.8) is 0 Å². The Balaban J connectivity index is 2.03. The second kappa shape index (κ2) is 8.08. The average molecular weight is 364 g/mol. The SMILES string of the molecule is COC1=C(C(NC(=O)c2ccc(C)[nH]c2=O)c2ccccc2)C(C)CC=C1. The maximum absolute atomic E-state index is 12.9. The highest BCUT2D eigenvalue weighted by Gasteiger charge is 2.28. The van der Waals surface area contributed by atoms with Gasteiger partial charge < -0.3 is 15.0 Å². The number of rotatable bonds is 5. The summed E-state index contributed by atoms with van der Waals surface area (Å²) in [6.45, 7) is 3.89. The van der Waals surface area contributed by atoms with Gasteiger partial charge in [-0.05, 0) is 43.0 Å². The minimum atomic E-state index is -0.408. The molecule has 0 saturated carbocycles. The molecular formula is C22H24N2O3. The maximum Gasteiger partial charge on any atom is 0.260 e. The highest BCUT2D eigenvalue weighted by Crippen LogP contribution is 2.35.